The van der Waals surface area contributed by atoms with Gasteiger partial charge in [0.1, 0.15) is 5.58 Å². The number of carbonyl (C=O) groups is 1. The molecular formula is C22H19NO5S. The number of aryl methyl sites for hydroxylation is 1. The lowest BCUT2D eigenvalue weighted by atomic mass is 10.1. The average Bonchev–Trinajstić information content (AvgIpc) is 3.04. The van der Waals surface area contributed by atoms with Gasteiger partial charge in [0.15, 0.2) is 0 Å². The molecular weight excluding hydrogens is 390 g/mol. The molecule has 0 radical (unpaired) electrons. The highest BCUT2D eigenvalue weighted by atomic mass is 32.2. The van der Waals surface area contributed by atoms with Gasteiger partial charge in [-0.2, -0.15) is 0 Å². The zero-order chi connectivity index (χ0) is 20.6. The number of benzene rings is 3. The Balaban J connectivity index is 1.52. The van der Waals surface area contributed by atoms with Crippen LogP contribution in [0.1, 0.15) is 21.7 Å². The third-order valence-corrected chi connectivity index (χ3v) is 6.39. The summed E-state index contributed by atoms with van der Waals surface area (Å²) >= 11 is 0. The smallest absolute Gasteiger partial charge is 0.372 e. The van der Waals surface area contributed by atoms with Crippen LogP contribution in [-0.2, 0) is 16.4 Å². The molecule has 0 aliphatic heterocycles. The largest absolute Gasteiger partial charge is 0.475 e. The Morgan fingerprint density at radius 3 is 2.55 bits per heavy atom. The SMILES string of the molecule is Cc1c(C(=O)O)oc2ccc(S(=O)(=O)NCCc3ccc4ccccc4c3)cc12. The van der Waals surface area contributed by atoms with Crippen molar-refractivity contribution in [2.45, 2.75) is 18.2 Å². The molecule has 6 nitrogen and oxygen atoms in total. The Bertz CT molecular complexity index is 1340. The van der Waals surface area contributed by atoms with Crippen LogP contribution in [0.25, 0.3) is 21.7 Å². The summed E-state index contributed by atoms with van der Waals surface area (Å²) in [6.07, 6.45) is 0.556. The highest BCUT2D eigenvalue weighted by Gasteiger charge is 2.20. The Morgan fingerprint density at radius 2 is 1.79 bits per heavy atom. The average molecular weight is 409 g/mol. The van der Waals surface area contributed by atoms with Gasteiger partial charge in [-0.15, -0.1) is 0 Å². The highest BCUT2D eigenvalue weighted by Crippen LogP contribution is 2.27. The summed E-state index contributed by atoms with van der Waals surface area (Å²) in [5.74, 6) is -1.37. The van der Waals surface area contributed by atoms with E-state index in [9.17, 15) is 13.2 Å². The normalized spacial score (nSPS) is 11.9. The lowest BCUT2D eigenvalue weighted by Gasteiger charge is -2.08. The molecule has 7 heteroatoms. The summed E-state index contributed by atoms with van der Waals surface area (Å²) < 4.78 is 33.2. The van der Waals surface area contributed by atoms with Crippen molar-refractivity contribution in [2.75, 3.05) is 6.54 Å². The number of furan rings is 1. The van der Waals surface area contributed by atoms with E-state index in [1.807, 2.05) is 36.4 Å². The molecule has 3 aromatic carbocycles. The molecule has 0 fully saturated rings. The maximum atomic E-state index is 12.7. The molecule has 4 aromatic rings. The molecule has 0 atom stereocenters. The molecule has 0 bridgehead atoms. The van der Waals surface area contributed by atoms with Crippen molar-refractivity contribution in [1.29, 1.82) is 0 Å². The predicted octanol–water partition coefficient (Wildman–Crippen LogP) is 4.11. The number of carboxylic acids is 1. The molecule has 148 valence electrons. The van der Waals surface area contributed by atoms with E-state index in [0.29, 0.717) is 23.0 Å². The van der Waals surface area contributed by atoms with Gasteiger partial charge in [0.25, 0.3) is 0 Å². The number of carboxylic acid groups (broad SMARTS) is 1. The zero-order valence-corrected chi connectivity index (χ0v) is 16.5. The molecule has 29 heavy (non-hydrogen) atoms. The molecule has 0 aliphatic rings. The maximum absolute atomic E-state index is 12.7. The van der Waals surface area contributed by atoms with Crippen LogP contribution in [0.4, 0.5) is 0 Å². The van der Waals surface area contributed by atoms with Crippen molar-refractivity contribution in [3.8, 4) is 0 Å². The van der Waals surface area contributed by atoms with Gasteiger partial charge in [-0.1, -0.05) is 42.5 Å². The molecule has 4 rings (SSSR count). The second-order valence-corrected chi connectivity index (χ2v) is 8.62. The van der Waals surface area contributed by atoms with Gasteiger partial charge in [0, 0.05) is 17.5 Å². The maximum Gasteiger partial charge on any atom is 0.372 e. The second-order valence-electron chi connectivity index (χ2n) is 6.85. The summed E-state index contributed by atoms with van der Waals surface area (Å²) in [7, 11) is -3.73. The second kappa shape index (κ2) is 7.35. The van der Waals surface area contributed by atoms with Crippen LogP contribution < -0.4 is 4.72 Å². The quantitative estimate of drug-likeness (QED) is 0.499. The molecule has 1 heterocycles. The standard InChI is InChI=1S/C22H19NO5S/c1-14-19-13-18(8-9-20(19)28-21(14)22(24)25)29(26,27)23-11-10-15-6-7-16-4-2-3-5-17(16)12-15/h2-9,12-13,23H,10-11H2,1H3,(H,24,25). The van der Waals surface area contributed by atoms with Crippen LogP contribution in [0, 0.1) is 6.92 Å². The Hall–Kier alpha value is -3.16. The number of fused-ring (bicyclic) bond motifs is 2. The Labute approximate surface area is 167 Å². The first kappa shape index (κ1) is 19.2. The first-order chi connectivity index (χ1) is 13.8. The third kappa shape index (κ3) is 3.74. The number of rotatable bonds is 6. The number of hydrogen-bond acceptors (Lipinski definition) is 4. The molecule has 0 saturated heterocycles. The summed E-state index contributed by atoms with van der Waals surface area (Å²) in [6, 6.07) is 18.4. The van der Waals surface area contributed by atoms with E-state index >= 15 is 0 Å². The molecule has 0 unspecified atom stereocenters. The zero-order valence-electron chi connectivity index (χ0n) is 15.7. The van der Waals surface area contributed by atoms with E-state index in [4.69, 9.17) is 9.52 Å². The van der Waals surface area contributed by atoms with Crippen molar-refractivity contribution in [2.24, 2.45) is 0 Å². The van der Waals surface area contributed by atoms with Crippen molar-refractivity contribution in [3.05, 3.63) is 77.6 Å². The highest BCUT2D eigenvalue weighted by molar-refractivity contribution is 7.89. The fourth-order valence-corrected chi connectivity index (χ4v) is 4.44. The summed E-state index contributed by atoms with van der Waals surface area (Å²) in [4.78, 5) is 11.3. The third-order valence-electron chi connectivity index (χ3n) is 4.93. The van der Waals surface area contributed by atoms with E-state index < -0.39 is 16.0 Å². The van der Waals surface area contributed by atoms with Gasteiger partial charge >= 0.3 is 5.97 Å². The first-order valence-corrected chi connectivity index (χ1v) is 10.6. The predicted molar refractivity (Wildman–Crippen MR) is 111 cm³/mol. The molecule has 0 saturated carbocycles. The minimum absolute atomic E-state index is 0.0735. The molecule has 0 spiro atoms. The van der Waals surface area contributed by atoms with Gasteiger partial charge < -0.3 is 9.52 Å². The first-order valence-electron chi connectivity index (χ1n) is 9.09. The van der Waals surface area contributed by atoms with E-state index in [-0.39, 0.29) is 17.2 Å². The molecule has 0 amide bonds. The number of sulfonamides is 1. The number of nitrogens with one attached hydrogen (secondary N) is 1. The molecule has 0 aliphatic carbocycles. The number of hydrogen-bond donors (Lipinski definition) is 2. The van der Waals surface area contributed by atoms with E-state index in [1.165, 1.54) is 18.2 Å². The van der Waals surface area contributed by atoms with Crippen LogP contribution in [0.15, 0.2) is 70.0 Å². The Kier molecular flexibility index (Phi) is 4.86. The van der Waals surface area contributed by atoms with Gasteiger partial charge in [-0.25, -0.2) is 17.9 Å². The van der Waals surface area contributed by atoms with Crippen molar-refractivity contribution in [3.63, 3.8) is 0 Å². The lowest BCUT2D eigenvalue weighted by molar-refractivity contribution is 0.0664. The van der Waals surface area contributed by atoms with Gasteiger partial charge in [0.05, 0.1) is 4.90 Å². The Morgan fingerprint density at radius 1 is 1.03 bits per heavy atom. The fraction of sp³-hybridized carbons (Fsp3) is 0.136. The van der Waals surface area contributed by atoms with Gasteiger partial charge in [-0.3, -0.25) is 0 Å². The van der Waals surface area contributed by atoms with Crippen LogP contribution >= 0.6 is 0 Å². The summed E-state index contributed by atoms with van der Waals surface area (Å²) in [5, 5.41) is 11.9. The summed E-state index contributed by atoms with van der Waals surface area (Å²) in [5.41, 5.74) is 1.79. The molecule has 2 N–H and O–H groups in total. The minimum Gasteiger partial charge on any atom is -0.475 e. The fourth-order valence-electron chi connectivity index (χ4n) is 3.38. The van der Waals surface area contributed by atoms with Crippen LogP contribution in [-0.4, -0.2) is 26.0 Å². The topological polar surface area (TPSA) is 96.6 Å². The van der Waals surface area contributed by atoms with Crippen LogP contribution in [0.3, 0.4) is 0 Å². The van der Waals surface area contributed by atoms with Crippen LogP contribution in [0.5, 0.6) is 0 Å². The van der Waals surface area contributed by atoms with E-state index in [2.05, 4.69) is 10.8 Å². The minimum atomic E-state index is -3.73. The number of aromatic carboxylic acids is 1. The van der Waals surface area contributed by atoms with Crippen molar-refractivity contribution < 1.29 is 22.7 Å². The monoisotopic (exact) mass is 409 g/mol. The molecule has 1 aromatic heterocycles. The van der Waals surface area contributed by atoms with Gasteiger partial charge in [0.2, 0.25) is 15.8 Å². The van der Waals surface area contributed by atoms with E-state index in [0.717, 1.165) is 16.3 Å². The summed E-state index contributed by atoms with van der Waals surface area (Å²) in [6.45, 7) is 1.85. The van der Waals surface area contributed by atoms with Gasteiger partial charge in [-0.05, 0) is 47.9 Å². The van der Waals surface area contributed by atoms with Crippen LogP contribution in [0.2, 0.25) is 0 Å². The van der Waals surface area contributed by atoms with Crippen molar-refractivity contribution in [1.82, 2.24) is 4.72 Å². The lowest BCUT2D eigenvalue weighted by Crippen LogP contribution is -2.26. The van der Waals surface area contributed by atoms with Crippen molar-refractivity contribution >= 4 is 37.7 Å². The van der Waals surface area contributed by atoms with E-state index in [1.54, 1.807) is 6.92 Å².